The maximum atomic E-state index is 2.41. The van der Waals surface area contributed by atoms with Crippen LogP contribution < -0.4 is 4.90 Å². The van der Waals surface area contributed by atoms with Crippen LogP contribution in [0.25, 0.3) is 53.2 Å². The molecule has 0 radical (unpaired) electrons. The number of rotatable bonds is 5. The Kier molecular flexibility index (Phi) is 6.05. The highest BCUT2D eigenvalue weighted by Crippen LogP contribution is 2.46. The fourth-order valence-electron chi connectivity index (χ4n) is 6.01. The summed E-state index contributed by atoms with van der Waals surface area (Å²) >= 11 is 1.89. The fraction of sp³-hybridized carbons (Fsp3) is 0. The highest BCUT2D eigenvalue weighted by Gasteiger charge is 2.19. The number of anilines is 3. The zero-order valence-electron chi connectivity index (χ0n) is 22.9. The van der Waals surface area contributed by atoms with E-state index in [0.717, 1.165) is 11.4 Å². The summed E-state index contributed by atoms with van der Waals surface area (Å²) in [5.41, 5.74) is 8.32. The predicted molar refractivity (Wildman–Crippen MR) is 182 cm³/mol. The van der Waals surface area contributed by atoms with Crippen molar-refractivity contribution in [2.45, 2.75) is 0 Å². The number of benzene rings is 7. The molecule has 0 amide bonds. The van der Waals surface area contributed by atoms with E-state index in [1.165, 1.54) is 58.9 Å². The van der Waals surface area contributed by atoms with Gasteiger partial charge in [0.2, 0.25) is 0 Å². The van der Waals surface area contributed by atoms with Crippen LogP contribution in [0.1, 0.15) is 0 Å². The lowest BCUT2D eigenvalue weighted by Gasteiger charge is -2.27. The van der Waals surface area contributed by atoms with Gasteiger partial charge in [0.1, 0.15) is 0 Å². The third-order valence-electron chi connectivity index (χ3n) is 8.07. The Balaban J connectivity index is 1.34. The standard InChI is InChI=1S/C40H27NS/c1-3-10-28(11-4-1)30-18-23-33(24-19-30)41(34-25-20-31(21-26-34)29-12-5-2-6-13-29)37-16-9-14-32-22-27-36-35-15-7-8-17-38(35)42-40(36)39(32)37/h1-27H. The highest BCUT2D eigenvalue weighted by molar-refractivity contribution is 7.26. The van der Waals surface area contributed by atoms with Gasteiger partial charge < -0.3 is 4.90 Å². The van der Waals surface area contributed by atoms with Crippen LogP contribution in [0, 0.1) is 0 Å². The van der Waals surface area contributed by atoms with Gasteiger partial charge in [0.15, 0.2) is 0 Å². The van der Waals surface area contributed by atoms with E-state index in [1.807, 2.05) is 11.3 Å². The van der Waals surface area contributed by atoms with Gasteiger partial charge in [0.25, 0.3) is 0 Å². The Bertz CT molecular complexity index is 2080. The molecule has 1 heterocycles. The third kappa shape index (κ3) is 4.25. The summed E-state index contributed by atoms with van der Waals surface area (Å²) in [4.78, 5) is 2.41. The van der Waals surface area contributed by atoms with Gasteiger partial charge in [-0.2, -0.15) is 0 Å². The first-order valence-electron chi connectivity index (χ1n) is 14.3. The van der Waals surface area contributed by atoms with Crippen LogP contribution in [0.2, 0.25) is 0 Å². The van der Waals surface area contributed by atoms with Gasteiger partial charge >= 0.3 is 0 Å². The van der Waals surface area contributed by atoms with Crippen LogP contribution in [0.15, 0.2) is 164 Å². The van der Waals surface area contributed by atoms with Crippen LogP contribution in [0.5, 0.6) is 0 Å². The first-order chi connectivity index (χ1) is 20.8. The summed E-state index contributed by atoms with van der Waals surface area (Å²) in [5.74, 6) is 0. The van der Waals surface area contributed by atoms with Crippen molar-refractivity contribution in [3.63, 3.8) is 0 Å². The Morgan fingerprint density at radius 2 is 0.929 bits per heavy atom. The van der Waals surface area contributed by atoms with E-state index in [2.05, 4.69) is 169 Å². The second-order valence-electron chi connectivity index (χ2n) is 10.6. The van der Waals surface area contributed by atoms with E-state index in [4.69, 9.17) is 0 Å². The molecule has 0 fully saturated rings. The molecule has 42 heavy (non-hydrogen) atoms. The number of hydrogen-bond acceptors (Lipinski definition) is 2. The summed E-state index contributed by atoms with van der Waals surface area (Å²) in [6.45, 7) is 0. The maximum absolute atomic E-state index is 2.41. The van der Waals surface area contributed by atoms with Crippen LogP contribution in [0.3, 0.4) is 0 Å². The summed E-state index contributed by atoms with van der Waals surface area (Å²) in [7, 11) is 0. The van der Waals surface area contributed by atoms with E-state index >= 15 is 0 Å². The lowest BCUT2D eigenvalue weighted by molar-refractivity contribution is 1.30. The van der Waals surface area contributed by atoms with Gasteiger partial charge in [0.05, 0.1) is 5.69 Å². The van der Waals surface area contributed by atoms with Crippen LogP contribution in [-0.2, 0) is 0 Å². The van der Waals surface area contributed by atoms with Crippen molar-refractivity contribution >= 4 is 59.3 Å². The fourth-order valence-corrected chi connectivity index (χ4v) is 7.28. The summed E-state index contributed by atoms with van der Waals surface area (Å²) in [6.07, 6.45) is 0. The Labute approximate surface area is 249 Å². The minimum absolute atomic E-state index is 1.13. The Hall–Kier alpha value is -5.18. The molecule has 0 aliphatic carbocycles. The highest BCUT2D eigenvalue weighted by atomic mass is 32.1. The van der Waals surface area contributed by atoms with Gasteiger partial charge in [0, 0.05) is 36.9 Å². The molecule has 198 valence electrons. The average molecular weight is 554 g/mol. The van der Waals surface area contributed by atoms with E-state index in [0.29, 0.717) is 0 Å². The molecule has 8 rings (SSSR count). The lowest BCUT2D eigenvalue weighted by atomic mass is 10.0. The molecule has 7 aromatic carbocycles. The van der Waals surface area contributed by atoms with Gasteiger partial charge in [-0.3, -0.25) is 0 Å². The van der Waals surface area contributed by atoms with Crippen molar-refractivity contribution in [2.75, 3.05) is 4.90 Å². The van der Waals surface area contributed by atoms with Crippen molar-refractivity contribution in [1.29, 1.82) is 0 Å². The zero-order chi connectivity index (χ0) is 27.9. The summed E-state index contributed by atoms with van der Waals surface area (Å²) in [6, 6.07) is 59.1. The smallest absolute Gasteiger partial charge is 0.0554 e. The number of nitrogens with zero attached hydrogens (tertiary/aromatic N) is 1. The van der Waals surface area contributed by atoms with Crippen molar-refractivity contribution in [1.82, 2.24) is 0 Å². The van der Waals surface area contributed by atoms with Gasteiger partial charge in [-0.05, 0) is 64.0 Å². The Morgan fingerprint density at radius 3 is 1.55 bits per heavy atom. The second-order valence-corrected chi connectivity index (χ2v) is 11.6. The number of fused-ring (bicyclic) bond motifs is 5. The molecular formula is C40H27NS. The van der Waals surface area contributed by atoms with Crippen LogP contribution in [-0.4, -0.2) is 0 Å². The van der Waals surface area contributed by atoms with Crippen molar-refractivity contribution in [3.8, 4) is 22.3 Å². The molecule has 2 heteroatoms. The van der Waals surface area contributed by atoms with E-state index < -0.39 is 0 Å². The molecular weight excluding hydrogens is 527 g/mol. The molecule has 0 spiro atoms. The second kappa shape index (κ2) is 10.3. The number of thiophene rings is 1. The predicted octanol–water partition coefficient (Wildman–Crippen LogP) is 12.0. The summed E-state index contributed by atoms with van der Waals surface area (Å²) < 4.78 is 2.65. The minimum Gasteiger partial charge on any atom is -0.310 e. The first kappa shape index (κ1) is 24.6. The molecule has 0 aliphatic heterocycles. The van der Waals surface area contributed by atoms with Crippen LogP contribution >= 0.6 is 11.3 Å². The molecule has 1 nitrogen and oxygen atoms in total. The normalized spacial score (nSPS) is 11.3. The van der Waals surface area contributed by atoms with Crippen molar-refractivity contribution in [3.05, 3.63) is 164 Å². The molecule has 0 unspecified atom stereocenters. The van der Waals surface area contributed by atoms with Crippen LogP contribution in [0.4, 0.5) is 17.1 Å². The average Bonchev–Trinajstić information content (AvgIpc) is 3.45. The topological polar surface area (TPSA) is 3.24 Å². The molecule has 0 saturated carbocycles. The Morgan fingerprint density at radius 1 is 0.381 bits per heavy atom. The zero-order valence-corrected chi connectivity index (χ0v) is 23.8. The molecule has 8 aromatic rings. The SMILES string of the molecule is c1ccc(-c2ccc(N(c3ccc(-c4ccccc4)cc3)c3cccc4ccc5c6ccccc6sc5c34)cc2)cc1. The van der Waals surface area contributed by atoms with Crippen molar-refractivity contribution in [2.24, 2.45) is 0 Å². The van der Waals surface area contributed by atoms with E-state index in [9.17, 15) is 0 Å². The maximum Gasteiger partial charge on any atom is 0.0554 e. The van der Waals surface area contributed by atoms with Gasteiger partial charge in [-0.25, -0.2) is 0 Å². The monoisotopic (exact) mass is 553 g/mol. The number of hydrogen-bond donors (Lipinski definition) is 0. The van der Waals surface area contributed by atoms with E-state index in [-0.39, 0.29) is 0 Å². The molecule has 0 bridgehead atoms. The van der Waals surface area contributed by atoms with Crippen molar-refractivity contribution < 1.29 is 0 Å². The molecule has 0 aliphatic rings. The summed E-state index contributed by atoms with van der Waals surface area (Å²) in [5, 5.41) is 5.17. The lowest BCUT2D eigenvalue weighted by Crippen LogP contribution is -2.10. The molecule has 0 atom stereocenters. The van der Waals surface area contributed by atoms with E-state index in [1.54, 1.807) is 0 Å². The largest absolute Gasteiger partial charge is 0.310 e. The molecule has 0 saturated heterocycles. The third-order valence-corrected chi connectivity index (χ3v) is 9.28. The van der Waals surface area contributed by atoms with Gasteiger partial charge in [-0.15, -0.1) is 11.3 Å². The minimum atomic E-state index is 1.13. The van der Waals surface area contributed by atoms with Gasteiger partial charge in [-0.1, -0.05) is 127 Å². The molecule has 0 N–H and O–H groups in total. The molecule has 1 aromatic heterocycles. The quantitative estimate of drug-likeness (QED) is 0.205. The first-order valence-corrected chi connectivity index (χ1v) is 15.1.